The van der Waals surface area contributed by atoms with Gasteiger partial charge in [0.1, 0.15) is 5.82 Å². The molecule has 2 aliphatic heterocycles. The number of fused-ring (bicyclic) bond motifs is 1. The van der Waals surface area contributed by atoms with Gasteiger partial charge in [-0.3, -0.25) is 0 Å². The van der Waals surface area contributed by atoms with Crippen molar-refractivity contribution in [1.82, 2.24) is 9.97 Å². The Labute approximate surface area is 183 Å². The summed E-state index contributed by atoms with van der Waals surface area (Å²) in [5, 5.41) is 1.98. The standard InChI is InChI=1S/C24H28ClN5/c25-20-10-4-6-12-22(20)28-15-17-30(18-16-28)24-26-21-11-5-3-9-19(21)23(27-24)29-13-7-1-2-8-14-29/h3-6,9-12H,1-2,7-8,13-18H2. The number of anilines is 3. The first-order valence-electron chi connectivity index (χ1n) is 11.1. The first kappa shape index (κ1) is 19.4. The number of hydrogen-bond acceptors (Lipinski definition) is 5. The van der Waals surface area contributed by atoms with Crippen LogP contribution in [0.2, 0.25) is 5.02 Å². The van der Waals surface area contributed by atoms with Crippen LogP contribution in [-0.4, -0.2) is 49.2 Å². The van der Waals surface area contributed by atoms with Gasteiger partial charge in [-0.15, -0.1) is 0 Å². The molecule has 2 fully saturated rings. The van der Waals surface area contributed by atoms with E-state index in [1.54, 1.807) is 0 Å². The third-order valence-corrected chi connectivity index (χ3v) is 6.55. The average Bonchev–Trinajstić information content (AvgIpc) is 3.08. The van der Waals surface area contributed by atoms with E-state index < -0.39 is 0 Å². The molecule has 30 heavy (non-hydrogen) atoms. The number of nitrogens with zero attached hydrogens (tertiary/aromatic N) is 5. The number of para-hydroxylation sites is 2. The molecule has 0 saturated carbocycles. The third kappa shape index (κ3) is 3.91. The number of halogens is 1. The summed E-state index contributed by atoms with van der Waals surface area (Å²) in [6.07, 6.45) is 5.11. The first-order chi connectivity index (χ1) is 14.8. The fraction of sp³-hybridized carbons (Fsp3) is 0.417. The van der Waals surface area contributed by atoms with Crippen LogP contribution in [0.3, 0.4) is 0 Å². The summed E-state index contributed by atoms with van der Waals surface area (Å²) < 4.78 is 0. The van der Waals surface area contributed by atoms with Crippen LogP contribution in [0.15, 0.2) is 48.5 Å². The van der Waals surface area contributed by atoms with Crippen LogP contribution in [-0.2, 0) is 0 Å². The second-order valence-electron chi connectivity index (χ2n) is 8.19. The van der Waals surface area contributed by atoms with Gasteiger partial charge in [0.2, 0.25) is 5.95 Å². The average molecular weight is 422 g/mol. The zero-order valence-electron chi connectivity index (χ0n) is 17.3. The lowest BCUT2D eigenvalue weighted by Gasteiger charge is -2.37. The maximum absolute atomic E-state index is 6.41. The highest BCUT2D eigenvalue weighted by atomic mass is 35.5. The summed E-state index contributed by atoms with van der Waals surface area (Å²) in [4.78, 5) is 17.2. The van der Waals surface area contributed by atoms with Crippen molar-refractivity contribution in [3.8, 4) is 0 Å². The molecule has 156 valence electrons. The Morgan fingerprint density at radius 3 is 2.07 bits per heavy atom. The van der Waals surface area contributed by atoms with Crippen LogP contribution in [0.25, 0.3) is 10.9 Å². The van der Waals surface area contributed by atoms with Crippen LogP contribution in [0.5, 0.6) is 0 Å². The Balaban J connectivity index is 1.41. The van der Waals surface area contributed by atoms with Crippen LogP contribution in [0, 0.1) is 0 Å². The molecule has 3 aromatic rings. The van der Waals surface area contributed by atoms with Crippen molar-refractivity contribution in [3.63, 3.8) is 0 Å². The fourth-order valence-corrected chi connectivity index (χ4v) is 4.82. The molecule has 0 spiro atoms. The highest BCUT2D eigenvalue weighted by molar-refractivity contribution is 6.33. The molecule has 0 aliphatic carbocycles. The van der Waals surface area contributed by atoms with Gasteiger partial charge in [0, 0.05) is 44.7 Å². The Kier molecular flexibility index (Phi) is 5.63. The van der Waals surface area contributed by atoms with Crippen molar-refractivity contribution in [2.45, 2.75) is 25.7 Å². The lowest BCUT2D eigenvalue weighted by Crippen LogP contribution is -2.47. The molecule has 1 aromatic heterocycles. The van der Waals surface area contributed by atoms with Crippen molar-refractivity contribution in [1.29, 1.82) is 0 Å². The van der Waals surface area contributed by atoms with Crippen molar-refractivity contribution in [3.05, 3.63) is 53.6 Å². The molecule has 0 unspecified atom stereocenters. The Bertz CT molecular complexity index is 1010. The molecule has 0 bridgehead atoms. The monoisotopic (exact) mass is 421 g/mol. The third-order valence-electron chi connectivity index (χ3n) is 6.23. The van der Waals surface area contributed by atoms with Crippen LogP contribution in [0.1, 0.15) is 25.7 Å². The fourth-order valence-electron chi connectivity index (χ4n) is 4.57. The van der Waals surface area contributed by atoms with E-state index in [4.69, 9.17) is 21.6 Å². The van der Waals surface area contributed by atoms with Crippen molar-refractivity contribution in [2.75, 3.05) is 54.0 Å². The molecule has 0 amide bonds. The normalized spacial score (nSPS) is 18.0. The summed E-state index contributed by atoms with van der Waals surface area (Å²) >= 11 is 6.41. The lowest BCUT2D eigenvalue weighted by molar-refractivity contribution is 0.640. The second-order valence-corrected chi connectivity index (χ2v) is 8.60. The molecule has 5 nitrogen and oxygen atoms in total. The summed E-state index contributed by atoms with van der Waals surface area (Å²) in [5.41, 5.74) is 2.15. The number of benzene rings is 2. The zero-order chi connectivity index (χ0) is 20.3. The number of hydrogen-bond donors (Lipinski definition) is 0. The molecule has 2 aliphatic rings. The molecule has 0 atom stereocenters. The van der Waals surface area contributed by atoms with Crippen LogP contribution < -0.4 is 14.7 Å². The molecule has 6 heteroatoms. The summed E-state index contributed by atoms with van der Waals surface area (Å²) in [6.45, 7) is 5.78. The predicted molar refractivity (Wildman–Crippen MR) is 126 cm³/mol. The van der Waals surface area contributed by atoms with Gasteiger partial charge in [-0.1, -0.05) is 48.7 Å². The number of aromatic nitrogens is 2. The molecule has 5 rings (SSSR count). The van der Waals surface area contributed by atoms with E-state index >= 15 is 0 Å². The van der Waals surface area contributed by atoms with E-state index in [1.807, 2.05) is 18.2 Å². The summed E-state index contributed by atoms with van der Waals surface area (Å²) in [5.74, 6) is 1.96. The molecule has 0 N–H and O–H groups in total. The quantitative estimate of drug-likeness (QED) is 0.595. The molecule has 3 heterocycles. The SMILES string of the molecule is Clc1ccccc1N1CCN(c2nc(N3CCCCCC3)c3ccccc3n2)CC1. The van der Waals surface area contributed by atoms with Crippen molar-refractivity contribution >= 4 is 40.0 Å². The second kappa shape index (κ2) is 8.68. The van der Waals surface area contributed by atoms with Gasteiger partial charge in [0.25, 0.3) is 0 Å². The molecule has 2 aromatic carbocycles. The van der Waals surface area contributed by atoms with Gasteiger partial charge in [-0.25, -0.2) is 4.98 Å². The smallest absolute Gasteiger partial charge is 0.228 e. The minimum atomic E-state index is 0.816. The highest BCUT2D eigenvalue weighted by Gasteiger charge is 2.23. The molecular formula is C24H28ClN5. The number of rotatable bonds is 3. The van der Waals surface area contributed by atoms with Gasteiger partial charge in [-0.2, -0.15) is 4.98 Å². The summed E-state index contributed by atoms with van der Waals surface area (Å²) in [7, 11) is 0. The van der Waals surface area contributed by atoms with E-state index in [0.29, 0.717) is 0 Å². The Morgan fingerprint density at radius 2 is 1.30 bits per heavy atom. The molecular weight excluding hydrogens is 394 g/mol. The number of piperazine rings is 1. The van der Waals surface area contributed by atoms with E-state index in [-0.39, 0.29) is 0 Å². The largest absolute Gasteiger partial charge is 0.367 e. The van der Waals surface area contributed by atoms with Gasteiger partial charge < -0.3 is 14.7 Å². The zero-order valence-corrected chi connectivity index (χ0v) is 18.1. The van der Waals surface area contributed by atoms with Gasteiger partial charge in [0.15, 0.2) is 0 Å². The van der Waals surface area contributed by atoms with Crippen LogP contribution in [0.4, 0.5) is 17.5 Å². The maximum Gasteiger partial charge on any atom is 0.228 e. The maximum atomic E-state index is 6.41. The van der Waals surface area contributed by atoms with Crippen molar-refractivity contribution in [2.24, 2.45) is 0 Å². The Hall–Kier alpha value is -2.53. The van der Waals surface area contributed by atoms with Gasteiger partial charge >= 0.3 is 0 Å². The molecule has 0 radical (unpaired) electrons. The predicted octanol–water partition coefficient (Wildman–Crippen LogP) is 4.99. The van der Waals surface area contributed by atoms with E-state index in [1.165, 1.54) is 25.7 Å². The van der Waals surface area contributed by atoms with Gasteiger partial charge in [0.05, 0.1) is 16.2 Å². The van der Waals surface area contributed by atoms with E-state index in [2.05, 4.69) is 45.0 Å². The minimum Gasteiger partial charge on any atom is -0.367 e. The minimum absolute atomic E-state index is 0.816. The van der Waals surface area contributed by atoms with Crippen LogP contribution >= 0.6 is 11.6 Å². The highest BCUT2D eigenvalue weighted by Crippen LogP contribution is 2.30. The first-order valence-corrected chi connectivity index (χ1v) is 11.4. The van der Waals surface area contributed by atoms with E-state index in [9.17, 15) is 0 Å². The van der Waals surface area contributed by atoms with Crippen molar-refractivity contribution < 1.29 is 0 Å². The summed E-state index contributed by atoms with van der Waals surface area (Å²) in [6, 6.07) is 16.5. The van der Waals surface area contributed by atoms with E-state index in [0.717, 1.165) is 72.6 Å². The lowest BCUT2D eigenvalue weighted by atomic mass is 10.2. The topological polar surface area (TPSA) is 35.5 Å². The van der Waals surface area contributed by atoms with Gasteiger partial charge in [-0.05, 0) is 37.1 Å². The molecule has 2 saturated heterocycles. The Morgan fingerprint density at radius 1 is 0.633 bits per heavy atom.